The van der Waals surface area contributed by atoms with Gasteiger partial charge in [0.2, 0.25) is 0 Å². The maximum absolute atomic E-state index is 12.9. The minimum Gasteiger partial charge on any atom is -0.363 e. The summed E-state index contributed by atoms with van der Waals surface area (Å²) in [7, 11) is 7.73. The third kappa shape index (κ3) is 5.07. The Labute approximate surface area is 246 Å². The van der Waals surface area contributed by atoms with E-state index in [0.717, 1.165) is 11.6 Å². The lowest BCUT2D eigenvalue weighted by atomic mass is 9.82. The number of rotatable bonds is 7. The van der Waals surface area contributed by atoms with Crippen molar-refractivity contribution in [3.8, 4) is 11.6 Å². The van der Waals surface area contributed by atoms with Gasteiger partial charge < -0.3 is 9.80 Å². The largest absolute Gasteiger partial charge is 0.363 e. The number of aromatic amines is 2. The van der Waals surface area contributed by atoms with E-state index in [-0.39, 0.29) is 22.2 Å². The molecule has 0 aromatic carbocycles. The standard InChI is InChI=1S/C28H46N12O2/c1-25(2,3)21-29-23(41)37(33-21)17-15-19(35(11)12)39(31-17)27(7,8)28(9,10)40-20(36(13)14)16-18(32-40)38-24(42)30-22(34-38)26(4,5)6/h15-16H,1-14H3,(H,29,33,41)(H,30,34,42). The Morgan fingerprint density at radius 1 is 0.571 bits per heavy atom. The minimum absolute atomic E-state index is 0.330. The molecule has 0 radical (unpaired) electrons. The third-order valence-corrected chi connectivity index (χ3v) is 7.92. The summed E-state index contributed by atoms with van der Waals surface area (Å²) in [6.07, 6.45) is 0. The van der Waals surface area contributed by atoms with Crippen LogP contribution in [0.3, 0.4) is 0 Å². The zero-order valence-electron chi connectivity index (χ0n) is 27.4. The molecule has 2 N–H and O–H groups in total. The van der Waals surface area contributed by atoms with Gasteiger partial charge in [0.05, 0.1) is 11.1 Å². The SMILES string of the molecule is CN(C)c1cc(-n2nc(C(C)(C)C)[nH]c2=O)nn1C(C)(C)C(C)(C)n1nc(-n2nc(C(C)(C)C)[nH]c2=O)cc1N(C)C. The Hall–Kier alpha value is -4.10. The Morgan fingerprint density at radius 2 is 0.881 bits per heavy atom. The highest BCUT2D eigenvalue weighted by Gasteiger charge is 2.45. The summed E-state index contributed by atoms with van der Waals surface area (Å²) < 4.78 is 6.42. The smallest absolute Gasteiger partial charge is 0.349 e. The predicted octanol–water partition coefficient (Wildman–Crippen LogP) is 2.73. The topological polar surface area (TPSA) is 143 Å². The van der Waals surface area contributed by atoms with Crippen LogP contribution in [0.1, 0.15) is 80.9 Å². The zero-order valence-corrected chi connectivity index (χ0v) is 27.4. The van der Waals surface area contributed by atoms with E-state index in [4.69, 9.17) is 10.2 Å². The molecule has 0 atom stereocenters. The second-order valence-corrected chi connectivity index (χ2v) is 14.3. The van der Waals surface area contributed by atoms with E-state index in [2.05, 4.69) is 47.9 Å². The van der Waals surface area contributed by atoms with Crippen molar-refractivity contribution in [2.75, 3.05) is 38.0 Å². The fraction of sp³-hybridized carbons (Fsp3) is 0.643. The van der Waals surface area contributed by atoms with Gasteiger partial charge in [0.25, 0.3) is 0 Å². The maximum Gasteiger partial charge on any atom is 0.349 e. The first-order valence-corrected chi connectivity index (χ1v) is 14.0. The number of H-pyrrole nitrogens is 2. The van der Waals surface area contributed by atoms with E-state index in [9.17, 15) is 9.59 Å². The van der Waals surface area contributed by atoms with Gasteiger partial charge in [0.15, 0.2) is 11.6 Å². The van der Waals surface area contributed by atoms with Crippen LogP contribution in [0.5, 0.6) is 0 Å². The molecule has 0 fully saturated rings. The van der Waals surface area contributed by atoms with E-state index in [1.165, 1.54) is 9.36 Å². The molecule has 0 aliphatic carbocycles. The number of hydrogen-bond acceptors (Lipinski definition) is 8. The highest BCUT2D eigenvalue weighted by molar-refractivity contribution is 5.47. The summed E-state index contributed by atoms with van der Waals surface area (Å²) in [6, 6.07) is 3.70. The van der Waals surface area contributed by atoms with E-state index >= 15 is 0 Å². The van der Waals surface area contributed by atoms with E-state index in [0.29, 0.717) is 23.3 Å². The zero-order chi connectivity index (χ0) is 31.7. The van der Waals surface area contributed by atoms with Gasteiger partial charge in [0, 0.05) is 51.2 Å². The first kappa shape index (κ1) is 30.8. The van der Waals surface area contributed by atoms with E-state index < -0.39 is 11.1 Å². The molecule has 4 heterocycles. The van der Waals surface area contributed by atoms with Gasteiger partial charge in [-0.1, -0.05) is 41.5 Å². The molecule has 4 rings (SSSR count). The minimum atomic E-state index is -0.710. The van der Waals surface area contributed by atoms with Gasteiger partial charge in [-0.05, 0) is 27.7 Å². The van der Waals surface area contributed by atoms with Crippen molar-refractivity contribution in [3.63, 3.8) is 0 Å². The number of hydrogen-bond donors (Lipinski definition) is 2. The van der Waals surface area contributed by atoms with Crippen LogP contribution in [-0.2, 0) is 21.9 Å². The number of nitrogens with zero attached hydrogens (tertiary/aromatic N) is 10. The lowest BCUT2D eigenvalue weighted by Crippen LogP contribution is -2.51. The summed E-state index contributed by atoms with van der Waals surface area (Å²) in [5.74, 6) is 3.55. The van der Waals surface area contributed by atoms with Crippen LogP contribution >= 0.6 is 0 Å². The second-order valence-electron chi connectivity index (χ2n) is 14.3. The first-order valence-electron chi connectivity index (χ1n) is 14.0. The van der Waals surface area contributed by atoms with Gasteiger partial charge in [-0.3, -0.25) is 9.97 Å². The fourth-order valence-corrected chi connectivity index (χ4v) is 4.54. The molecule has 230 valence electrons. The Bertz CT molecular complexity index is 1580. The lowest BCUT2D eigenvalue weighted by Gasteiger charge is -2.44. The first-order chi connectivity index (χ1) is 19.1. The van der Waals surface area contributed by atoms with Crippen molar-refractivity contribution < 1.29 is 0 Å². The molecule has 0 bridgehead atoms. The monoisotopic (exact) mass is 582 g/mol. The molecule has 0 saturated heterocycles. The van der Waals surface area contributed by atoms with E-state index in [1.807, 2.05) is 101 Å². The number of aromatic nitrogens is 10. The maximum atomic E-state index is 12.9. The molecule has 0 spiro atoms. The molecule has 14 heteroatoms. The van der Waals surface area contributed by atoms with Crippen molar-refractivity contribution in [2.45, 2.75) is 91.1 Å². The number of nitrogens with one attached hydrogen (secondary N) is 2. The lowest BCUT2D eigenvalue weighted by molar-refractivity contribution is 0.101. The van der Waals surface area contributed by atoms with E-state index in [1.54, 1.807) is 0 Å². The summed E-state index contributed by atoms with van der Waals surface area (Å²) in [5.41, 5.74) is -2.78. The fourth-order valence-electron chi connectivity index (χ4n) is 4.54. The molecule has 0 aliphatic heterocycles. The Morgan fingerprint density at radius 3 is 1.12 bits per heavy atom. The Kier molecular flexibility index (Phi) is 7.15. The van der Waals surface area contributed by atoms with Crippen LogP contribution in [0.25, 0.3) is 11.6 Å². The molecular weight excluding hydrogens is 536 g/mol. The van der Waals surface area contributed by atoms with Crippen molar-refractivity contribution in [1.29, 1.82) is 0 Å². The van der Waals surface area contributed by atoms with Gasteiger partial charge in [-0.15, -0.1) is 10.2 Å². The number of anilines is 2. The normalized spacial score (nSPS) is 13.2. The quantitative estimate of drug-likeness (QED) is 0.339. The average molecular weight is 583 g/mol. The van der Waals surface area contributed by atoms with Gasteiger partial charge >= 0.3 is 11.4 Å². The van der Waals surface area contributed by atoms with Crippen molar-refractivity contribution in [1.82, 2.24) is 49.1 Å². The van der Waals surface area contributed by atoms with Crippen LogP contribution < -0.4 is 21.2 Å². The van der Waals surface area contributed by atoms with Gasteiger partial charge in [-0.2, -0.15) is 19.6 Å². The van der Waals surface area contributed by atoms with Crippen LogP contribution in [-0.4, -0.2) is 77.3 Å². The summed E-state index contributed by atoms with van der Waals surface area (Å²) in [4.78, 5) is 35.5. The van der Waals surface area contributed by atoms with Gasteiger partial charge in [-0.25, -0.2) is 19.0 Å². The summed E-state index contributed by atoms with van der Waals surface area (Å²) >= 11 is 0. The molecule has 0 unspecified atom stereocenters. The third-order valence-electron chi connectivity index (χ3n) is 7.92. The molecule has 4 aromatic heterocycles. The van der Waals surface area contributed by atoms with Crippen LogP contribution in [0.4, 0.5) is 11.6 Å². The van der Waals surface area contributed by atoms with Crippen LogP contribution in [0.2, 0.25) is 0 Å². The van der Waals surface area contributed by atoms with Crippen molar-refractivity contribution in [2.24, 2.45) is 0 Å². The highest BCUT2D eigenvalue weighted by Crippen LogP contribution is 2.41. The van der Waals surface area contributed by atoms with Crippen LogP contribution in [0, 0.1) is 0 Å². The molecule has 0 saturated carbocycles. The molecule has 42 heavy (non-hydrogen) atoms. The predicted molar refractivity (Wildman–Crippen MR) is 165 cm³/mol. The highest BCUT2D eigenvalue weighted by atomic mass is 16.2. The molecule has 14 nitrogen and oxygen atoms in total. The molecule has 0 aliphatic rings. The summed E-state index contributed by atoms with van der Waals surface area (Å²) in [5, 5.41) is 19.0. The second kappa shape index (κ2) is 9.73. The summed E-state index contributed by atoms with van der Waals surface area (Å²) in [6.45, 7) is 20.3. The van der Waals surface area contributed by atoms with Crippen molar-refractivity contribution >= 4 is 11.6 Å². The van der Waals surface area contributed by atoms with Crippen molar-refractivity contribution in [3.05, 3.63) is 44.8 Å². The molecule has 4 aromatic rings. The Balaban J connectivity index is 1.87. The van der Waals surface area contributed by atoms with Crippen LogP contribution in [0.15, 0.2) is 21.7 Å². The molecule has 0 amide bonds. The van der Waals surface area contributed by atoms with Gasteiger partial charge in [0.1, 0.15) is 23.3 Å². The average Bonchev–Trinajstić information content (AvgIpc) is 3.61. The molecular formula is C28H46N12O2.